The first-order valence-corrected chi connectivity index (χ1v) is 13.1. The Kier molecular flexibility index (Phi) is 7.99. The number of nitrogens with one attached hydrogen (secondary N) is 2. The zero-order chi connectivity index (χ0) is 26.3. The second-order valence-corrected chi connectivity index (χ2v) is 9.41. The van der Waals surface area contributed by atoms with Gasteiger partial charge in [-0.3, -0.25) is 19.8 Å². The molecular formula is C30H33N5O3. The molecule has 2 amide bonds. The summed E-state index contributed by atoms with van der Waals surface area (Å²) < 4.78 is 5.43. The molecule has 0 spiro atoms. The molecule has 2 N–H and O–H groups in total. The summed E-state index contributed by atoms with van der Waals surface area (Å²) in [5, 5.41) is 5.73. The molecule has 0 aliphatic carbocycles. The van der Waals surface area contributed by atoms with Crippen LogP contribution in [0.1, 0.15) is 30.5 Å². The Morgan fingerprint density at radius 2 is 1.55 bits per heavy atom. The molecule has 1 atom stereocenters. The molecule has 1 saturated heterocycles. The molecule has 8 nitrogen and oxygen atoms in total. The lowest BCUT2D eigenvalue weighted by molar-refractivity contribution is -0.124. The van der Waals surface area contributed by atoms with E-state index in [1.807, 2.05) is 19.1 Å². The number of hydrogen-bond acceptors (Lipinski definition) is 6. The predicted octanol–water partition coefficient (Wildman–Crippen LogP) is 3.68. The Labute approximate surface area is 223 Å². The van der Waals surface area contributed by atoms with E-state index in [0.29, 0.717) is 18.3 Å². The van der Waals surface area contributed by atoms with Gasteiger partial charge in [-0.1, -0.05) is 60.7 Å². The van der Waals surface area contributed by atoms with Crippen LogP contribution in [-0.2, 0) is 9.59 Å². The molecule has 2 aliphatic rings. The van der Waals surface area contributed by atoms with Gasteiger partial charge in [-0.05, 0) is 42.3 Å². The van der Waals surface area contributed by atoms with Gasteiger partial charge in [-0.2, -0.15) is 0 Å². The number of carbonyl (C=O) groups excluding carboxylic acids is 2. The number of anilines is 1. The number of rotatable bonds is 8. The second-order valence-electron chi connectivity index (χ2n) is 9.41. The van der Waals surface area contributed by atoms with Crippen LogP contribution in [0.25, 0.3) is 0 Å². The highest BCUT2D eigenvalue weighted by molar-refractivity contribution is 6.07. The van der Waals surface area contributed by atoms with Gasteiger partial charge in [0.05, 0.1) is 19.1 Å². The third-order valence-electron chi connectivity index (χ3n) is 6.85. The summed E-state index contributed by atoms with van der Waals surface area (Å²) in [5.41, 5.74) is 3.18. The second kappa shape index (κ2) is 11.9. The van der Waals surface area contributed by atoms with Crippen molar-refractivity contribution in [1.82, 2.24) is 15.1 Å². The fourth-order valence-electron chi connectivity index (χ4n) is 5.00. The maximum atomic E-state index is 12.6. The molecule has 0 radical (unpaired) electrons. The van der Waals surface area contributed by atoms with Crippen molar-refractivity contribution in [3.05, 3.63) is 96.1 Å². The Bertz CT molecular complexity index is 1220. The third kappa shape index (κ3) is 6.03. The van der Waals surface area contributed by atoms with Gasteiger partial charge in [0, 0.05) is 31.9 Å². The molecular weight excluding hydrogens is 478 g/mol. The number of guanidine groups is 1. The molecule has 1 fully saturated rings. The van der Waals surface area contributed by atoms with Crippen LogP contribution < -0.4 is 15.4 Å². The summed E-state index contributed by atoms with van der Waals surface area (Å²) >= 11 is 0. The number of aliphatic imine (C=N–C) groups is 1. The van der Waals surface area contributed by atoms with E-state index < -0.39 is 6.04 Å². The SMILES string of the molecule is CCOc1ccc(NC(=O)C[C@H]2N=C(N3CCN(C(c4ccccc4)c4ccccc4)CC3)NC2=O)cc1. The predicted molar refractivity (Wildman–Crippen MR) is 148 cm³/mol. The highest BCUT2D eigenvalue weighted by Gasteiger charge is 2.33. The van der Waals surface area contributed by atoms with Gasteiger partial charge in [0.2, 0.25) is 11.9 Å². The van der Waals surface area contributed by atoms with Crippen LogP contribution in [-0.4, -0.2) is 66.4 Å². The molecule has 196 valence electrons. The monoisotopic (exact) mass is 511 g/mol. The van der Waals surface area contributed by atoms with Crippen molar-refractivity contribution in [3.63, 3.8) is 0 Å². The van der Waals surface area contributed by atoms with Gasteiger partial charge in [0.15, 0.2) is 0 Å². The lowest BCUT2D eigenvalue weighted by Crippen LogP contribution is -2.52. The van der Waals surface area contributed by atoms with E-state index in [2.05, 4.69) is 74.0 Å². The van der Waals surface area contributed by atoms with Crippen molar-refractivity contribution >= 4 is 23.5 Å². The van der Waals surface area contributed by atoms with Crippen LogP contribution >= 0.6 is 0 Å². The van der Waals surface area contributed by atoms with Gasteiger partial charge in [0.1, 0.15) is 11.8 Å². The minimum Gasteiger partial charge on any atom is -0.494 e. The third-order valence-corrected chi connectivity index (χ3v) is 6.85. The van der Waals surface area contributed by atoms with Crippen LogP contribution in [0.3, 0.4) is 0 Å². The van der Waals surface area contributed by atoms with Crippen LogP contribution in [0.5, 0.6) is 5.75 Å². The average molecular weight is 512 g/mol. The number of nitrogens with zero attached hydrogens (tertiary/aromatic N) is 3. The van der Waals surface area contributed by atoms with E-state index in [0.717, 1.165) is 31.9 Å². The van der Waals surface area contributed by atoms with Gasteiger partial charge < -0.3 is 15.0 Å². The van der Waals surface area contributed by atoms with Crippen molar-refractivity contribution in [2.45, 2.75) is 25.4 Å². The van der Waals surface area contributed by atoms with Crippen molar-refractivity contribution in [1.29, 1.82) is 0 Å². The molecule has 0 bridgehead atoms. The highest BCUT2D eigenvalue weighted by atomic mass is 16.5. The first-order valence-electron chi connectivity index (χ1n) is 13.1. The number of carbonyl (C=O) groups is 2. The summed E-state index contributed by atoms with van der Waals surface area (Å²) in [4.78, 5) is 34.4. The zero-order valence-electron chi connectivity index (χ0n) is 21.5. The molecule has 3 aromatic carbocycles. The van der Waals surface area contributed by atoms with E-state index in [1.165, 1.54) is 11.1 Å². The minimum atomic E-state index is -0.730. The summed E-state index contributed by atoms with van der Waals surface area (Å²) in [6.07, 6.45) is -0.00734. The molecule has 2 aliphatic heterocycles. The smallest absolute Gasteiger partial charge is 0.252 e. The molecule has 0 aromatic heterocycles. The maximum absolute atomic E-state index is 12.6. The van der Waals surface area contributed by atoms with Crippen molar-refractivity contribution in [3.8, 4) is 5.75 Å². The number of amides is 2. The molecule has 0 saturated carbocycles. The topological polar surface area (TPSA) is 86.3 Å². The normalized spacial score (nSPS) is 17.7. The van der Waals surface area contributed by atoms with Crippen LogP contribution in [0.15, 0.2) is 89.9 Å². The maximum Gasteiger partial charge on any atom is 0.252 e. The first-order chi connectivity index (χ1) is 18.6. The van der Waals surface area contributed by atoms with Crippen LogP contribution in [0, 0.1) is 0 Å². The number of benzene rings is 3. The Morgan fingerprint density at radius 3 is 2.13 bits per heavy atom. The fourth-order valence-corrected chi connectivity index (χ4v) is 5.00. The van der Waals surface area contributed by atoms with Gasteiger partial charge in [-0.15, -0.1) is 0 Å². The molecule has 38 heavy (non-hydrogen) atoms. The van der Waals surface area contributed by atoms with E-state index >= 15 is 0 Å². The Hall–Kier alpha value is -4.17. The molecule has 3 aromatic rings. The molecule has 0 unspecified atom stereocenters. The largest absolute Gasteiger partial charge is 0.494 e. The standard InChI is InChI=1S/C30H33N5O3/c1-2-38-25-15-13-24(14-16-25)31-27(36)21-26-29(37)33-30(32-26)35-19-17-34(18-20-35)28(22-9-5-3-6-10-22)23-11-7-4-8-12-23/h3-16,26,28H,2,17-21H2,1H3,(H,31,36)(H,32,33,37)/t26-/m1/s1. The minimum absolute atomic E-state index is 0.00734. The van der Waals surface area contributed by atoms with Crippen LogP contribution in [0.4, 0.5) is 5.69 Å². The van der Waals surface area contributed by atoms with Gasteiger partial charge >= 0.3 is 0 Å². The van der Waals surface area contributed by atoms with Gasteiger partial charge in [-0.25, -0.2) is 4.99 Å². The van der Waals surface area contributed by atoms with Crippen molar-refractivity contribution < 1.29 is 14.3 Å². The summed E-state index contributed by atoms with van der Waals surface area (Å²) in [6, 6.07) is 27.7. The lowest BCUT2D eigenvalue weighted by Gasteiger charge is -2.40. The van der Waals surface area contributed by atoms with Gasteiger partial charge in [0.25, 0.3) is 5.91 Å². The lowest BCUT2D eigenvalue weighted by atomic mass is 9.96. The first kappa shape index (κ1) is 25.5. The average Bonchev–Trinajstić information content (AvgIpc) is 3.31. The quantitative estimate of drug-likeness (QED) is 0.482. The van der Waals surface area contributed by atoms with Crippen molar-refractivity contribution in [2.75, 3.05) is 38.1 Å². The number of ether oxygens (including phenoxy) is 1. The Morgan fingerprint density at radius 1 is 0.947 bits per heavy atom. The summed E-state index contributed by atoms with van der Waals surface area (Å²) in [5.74, 6) is 0.812. The van der Waals surface area contributed by atoms with E-state index in [-0.39, 0.29) is 24.3 Å². The zero-order valence-corrected chi connectivity index (χ0v) is 21.5. The summed E-state index contributed by atoms with van der Waals surface area (Å²) in [7, 11) is 0. The fraction of sp³-hybridized carbons (Fsp3) is 0.300. The van der Waals surface area contributed by atoms with E-state index in [1.54, 1.807) is 24.3 Å². The number of piperazine rings is 1. The molecule has 8 heteroatoms. The molecule has 2 heterocycles. The number of hydrogen-bond donors (Lipinski definition) is 2. The van der Waals surface area contributed by atoms with E-state index in [4.69, 9.17) is 4.74 Å². The molecule has 5 rings (SSSR count). The van der Waals surface area contributed by atoms with Crippen molar-refractivity contribution in [2.24, 2.45) is 4.99 Å². The van der Waals surface area contributed by atoms with E-state index in [9.17, 15) is 9.59 Å². The Balaban J connectivity index is 1.19. The summed E-state index contributed by atoms with van der Waals surface area (Å²) in [6.45, 7) is 5.63. The highest BCUT2D eigenvalue weighted by Crippen LogP contribution is 2.29. The van der Waals surface area contributed by atoms with Crippen LogP contribution in [0.2, 0.25) is 0 Å².